The van der Waals surface area contributed by atoms with E-state index in [-0.39, 0.29) is 11.8 Å². The van der Waals surface area contributed by atoms with E-state index < -0.39 is 5.25 Å². The molecule has 0 bridgehead atoms. The molecule has 32 heavy (non-hydrogen) atoms. The standard InChI is InChI=1S/C23H23ClN4O3S/c1-27-20(15-8-12-18(31-2)13-9-15)25-26-23(27)32-19-5-3-4-14-28(22(19)30)21(29)16-6-10-17(24)11-7-16/h6-13,19H,3-5,14H2,1-2H3/t19-/m0/s1. The monoisotopic (exact) mass is 470 g/mol. The van der Waals surface area contributed by atoms with Crippen LogP contribution < -0.4 is 4.74 Å². The van der Waals surface area contributed by atoms with Crippen molar-refractivity contribution in [3.8, 4) is 17.1 Å². The Hall–Kier alpha value is -2.84. The fourth-order valence-electron chi connectivity index (χ4n) is 3.60. The van der Waals surface area contributed by atoms with Gasteiger partial charge in [0.1, 0.15) is 5.75 Å². The van der Waals surface area contributed by atoms with Crippen molar-refractivity contribution in [2.75, 3.05) is 13.7 Å². The number of hydrogen-bond acceptors (Lipinski definition) is 6. The van der Waals surface area contributed by atoms with Gasteiger partial charge in [-0.1, -0.05) is 29.8 Å². The maximum atomic E-state index is 13.3. The highest BCUT2D eigenvalue weighted by molar-refractivity contribution is 8.00. The van der Waals surface area contributed by atoms with Crippen LogP contribution in [0.25, 0.3) is 11.4 Å². The largest absolute Gasteiger partial charge is 0.497 e. The first-order chi connectivity index (χ1) is 15.5. The van der Waals surface area contributed by atoms with E-state index in [9.17, 15) is 9.59 Å². The molecular weight excluding hydrogens is 448 g/mol. The van der Waals surface area contributed by atoms with Gasteiger partial charge in [0.05, 0.1) is 12.4 Å². The van der Waals surface area contributed by atoms with Gasteiger partial charge < -0.3 is 9.30 Å². The van der Waals surface area contributed by atoms with Crippen LogP contribution in [-0.4, -0.2) is 50.4 Å². The number of methoxy groups -OCH3 is 1. The van der Waals surface area contributed by atoms with E-state index in [1.54, 1.807) is 31.4 Å². The van der Waals surface area contributed by atoms with Crippen molar-refractivity contribution in [1.82, 2.24) is 19.7 Å². The van der Waals surface area contributed by atoms with E-state index in [1.165, 1.54) is 16.7 Å². The average molecular weight is 471 g/mol. The zero-order chi connectivity index (χ0) is 22.7. The molecular formula is C23H23ClN4O3S. The minimum absolute atomic E-state index is 0.193. The second-order valence-electron chi connectivity index (χ2n) is 7.50. The molecule has 7 nitrogen and oxygen atoms in total. The topological polar surface area (TPSA) is 77.3 Å². The molecule has 1 fully saturated rings. The van der Waals surface area contributed by atoms with E-state index >= 15 is 0 Å². The number of halogens is 1. The summed E-state index contributed by atoms with van der Waals surface area (Å²) < 4.78 is 7.08. The number of benzene rings is 2. The molecule has 1 aromatic heterocycles. The van der Waals surface area contributed by atoms with Crippen LogP contribution in [0.15, 0.2) is 53.7 Å². The number of nitrogens with zero attached hydrogens (tertiary/aromatic N) is 4. The zero-order valence-electron chi connectivity index (χ0n) is 17.8. The molecule has 2 amide bonds. The van der Waals surface area contributed by atoms with Gasteiger partial charge in [0, 0.05) is 29.7 Å². The molecule has 1 aliphatic heterocycles. The molecule has 1 aliphatic rings. The van der Waals surface area contributed by atoms with Crippen LogP contribution in [0.5, 0.6) is 5.75 Å². The summed E-state index contributed by atoms with van der Waals surface area (Å²) in [6, 6.07) is 14.2. The fourth-order valence-corrected chi connectivity index (χ4v) is 4.83. The third kappa shape index (κ3) is 4.66. The predicted octanol–water partition coefficient (Wildman–Crippen LogP) is 4.46. The van der Waals surface area contributed by atoms with Crippen LogP contribution in [0, 0.1) is 0 Å². The molecule has 0 radical (unpaired) electrons. The van der Waals surface area contributed by atoms with Crippen molar-refractivity contribution in [3.05, 3.63) is 59.1 Å². The highest BCUT2D eigenvalue weighted by Crippen LogP contribution is 2.31. The molecule has 0 N–H and O–H groups in total. The second kappa shape index (κ2) is 9.75. The summed E-state index contributed by atoms with van der Waals surface area (Å²) in [6.45, 7) is 0.410. The number of carbonyl (C=O) groups is 2. The quantitative estimate of drug-likeness (QED) is 0.512. The van der Waals surface area contributed by atoms with Crippen molar-refractivity contribution in [2.45, 2.75) is 29.7 Å². The number of rotatable bonds is 5. The van der Waals surface area contributed by atoms with E-state index in [0.29, 0.717) is 34.5 Å². The number of likely N-dealkylation sites (tertiary alicyclic amines) is 1. The molecule has 0 unspecified atom stereocenters. The highest BCUT2D eigenvalue weighted by Gasteiger charge is 2.33. The van der Waals surface area contributed by atoms with Crippen LogP contribution in [0.3, 0.4) is 0 Å². The van der Waals surface area contributed by atoms with Crippen molar-refractivity contribution in [3.63, 3.8) is 0 Å². The number of amides is 2. The van der Waals surface area contributed by atoms with Crippen molar-refractivity contribution in [1.29, 1.82) is 0 Å². The highest BCUT2D eigenvalue weighted by atomic mass is 35.5. The first-order valence-electron chi connectivity index (χ1n) is 10.3. The number of ether oxygens (including phenoxy) is 1. The summed E-state index contributed by atoms with van der Waals surface area (Å²) in [5.74, 6) is 0.975. The van der Waals surface area contributed by atoms with Crippen LogP contribution in [0.1, 0.15) is 29.6 Å². The molecule has 2 heterocycles. The van der Waals surface area contributed by atoms with Crippen LogP contribution in [0.4, 0.5) is 0 Å². The van der Waals surface area contributed by atoms with Crippen LogP contribution in [-0.2, 0) is 11.8 Å². The van der Waals surface area contributed by atoms with Gasteiger partial charge in [0.15, 0.2) is 11.0 Å². The molecule has 166 valence electrons. The minimum Gasteiger partial charge on any atom is -0.497 e. The number of imide groups is 1. The Morgan fingerprint density at radius 1 is 1.09 bits per heavy atom. The van der Waals surface area contributed by atoms with E-state index in [2.05, 4.69) is 10.2 Å². The molecule has 0 saturated carbocycles. The van der Waals surface area contributed by atoms with E-state index in [0.717, 1.165) is 24.2 Å². The summed E-state index contributed by atoms with van der Waals surface area (Å²) in [7, 11) is 3.50. The fraction of sp³-hybridized carbons (Fsp3) is 0.304. The average Bonchev–Trinajstić information content (AvgIpc) is 3.07. The number of carbonyl (C=O) groups excluding carboxylic acids is 2. The molecule has 3 aromatic rings. The molecule has 9 heteroatoms. The summed E-state index contributed by atoms with van der Waals surface area (Å²) in [5.41, 5.74) is 1.35. The Morgan fingerprint density at radius 3 is 2.50 bits per heavy atom. The first-order valence-corrected chi connectivity index (χ1v) is 11.6. The van der Waals surface area contributed by atoms with Gasteiger partial charge >= 0.3 is 0 Å². The maximum Gasteiger partial charge on any atom is 0.260 e. The lowest BCUT2D eigenvalue weighted by Crippen LogP contribution is -2.41. The van der Waals surface area contributed by atoms with Gasteiger partial charge in [-0.25, -0.2) is 0 Å². The summed E-state index contributed by atoms with van der Waals surface area (Å²) in [6.07, 6.45) is 2.31. The molecule has 1 atom stereocenters. The summed E-state index contributed by atoms with van der Waals surface area (Å²) in [4.78, 5) is 27.6. The summed E-state index contributed by atoms with van der Waals surface area (Å²) >= 11 is 7.28. The maximum absolute atomic E-state index is 13.3. The smallest absolute Gasteiger partial charge is 0.260 e. The zero-order valence-corrected chi connectivity index (χ0v) is 19.4. The van der Waals surface area contributed by atoms with Gasteiger partial charge in [-0.15, -0.1) is 10.2 Å². The van der Waals surface area contributed by atoms with Crippen LogP contribution in [0.2, 0.25) is 5.02 Å². The Bertz CT molecular complexity index is 1120. The third-order valence-corrected chi connectivity index (χ3v) is 6.95. The van der Waals surface area contributed by atoms with Crippen molar-refractivity contribution in [2.24, 2.45) is 7.05 Å². The Labute approximate surface area is 195 Å². The molecule has 2 aromatic carbocycles. The Morgan fingerprint density at radius 2 is 1.81 bits per heavy atom. The van der Waals surface area contributed by atoms with Gasteiger partial charge in [-0.05, 0) is 61.4 Å². The van der Waals surface area contributed by atoms with Gasteiger partial charge in [-0.3, -0.25) is 14.5 Å². The predicted molar refractivity (Wildman–Crippen MR) is 124 cm³/mol. The lowest BCUT2D eigenvalue weighted by Gasteiger charge is -2.22. The first kappa shape index (κ1) is 22.4. The summed E-state index contributed by atoms with van der Waals surface area (Å²) in [5, 5.41) is 9.40. The van der Waals surface area contributed by atoms with Gasteiger partial charge in [0.2, 0.25) is 5.91 Å². The van der Waals surface area contributed by atoms with Gasteiger partial charge in [0.25, 0.3) is 5.91 Å². The Kier molecular flexibility index (Phi) is 6.81. The van der Waals surface area contributed by atoms with Crippen LogP contribution >= 0.6 is 23.4 Å². The van der Waals surface area contributed by atoms with Crippen molar-refractivity contribution < 1.29 is 14.3 Å². The molecule has 1 saturated heterocycles. The third-order valence-electron chi connectivity index (χ3n) is 5.41. The van der Waals surface area contributed by atoms with E-state index in [4.69, 9.17) is 16.3 Å². The normalized spacial score (nSPS) is 16.7. The lowest BCUT2D eigenvalue weighted by molar-refractivity contribution is -0.127. The lowest BCUT2D eigenvalue weighted by atomic mass is 10.2. The SMILES string of the molecule is COc1ccc(-c2nnc(S[C@H]3CCCCN(C(=O)c4ccc(Cl)cc4)C3=O)n2C)cc1. The Balaban J connectivity index is 1.53. The number of aromatic nitrogens is 3. The molecule has 4 rings (SSSR count). The van der Waals surface area contributed by atoms with Crippen molar-refractivity contribution >= 4 is 35.2 Å². The molecule has 0 aliphatic carbocycles. The number of hydrogen-bond donors (Lipinski definition) is 0. The van der Waals surface area contributed by atoms with E-state index in [1.807, 2.05) is 35.9 Å². The number of thioether (sulfide) groups is 1. The second-order valence-corrected chi connectivity index (χ2v) is 9.10. The van der Waals surface area contributed by atoms with Gasteiger partial charge in [-0.2, -0.15) is 0 Å². The molecule has 0 spiro atoms. The minimum atomic E-state index is -0.402.